The Labute approximate surface area is 174 Å². The first-order chi connectivity index (χ1) is 13.9. The molecular formula is C23H27N3O2S. The number of aromatic nitrogens is 2. The van der Waals surface area contributed by atoms with E-state index in [1.807, 2.05) is 11.4 Å². The van der Waals surface area contributed by atoms with Gasteiger partial charge in [0.15, 0.2) is 0 Å². The molecule has 0 radical (unpaired) electrons. The number of carbonyl (C=O) groups excluding carboxylic acids is 1. The van der Waals surface area contributed by atoms with Crippen molar-refractivity contribution in [3.8, 4) is 11.1 Å². The zero-order chi connectivity index (χ0) is 20.5. The third-order valence-corrected chi connectivity index (χ3v) is 7.04. The van der Waals surface area contributed by atoms with E-state index in [9.17, 15) is 9.59 Å². The van der Waals surface area contributed by atoms with Gasteiger partial charge >= 0.3 is 0 Å². The number of carbonyl (C=O) groups is 1. The van der Waals surface area contributed by atoms with Crippen molar-refractivity contribution in [2.45, 2.75) is 59.0 Å². The second kappa shape index (κ2) is 8.11. The van der Waals surface area contributed by atoms with Crippen molar-refractivity contribution >= 4 is 27.5 Å². The molecule has 1 aliphatic carbocycles. The zero-order valence-corrected chi connectivity index (χ0v) is 18.0. The van der Waals surface area contributed by atoms with E-state index in [4.69, 9.17) is 0 Å². The SMILES string of the molecule is Cc1ccc(-c2csc3ncn(CC(=O)N[C@H]4CCCC[C@@H]4C)c(=O)c23)cc1C. The highest BCUT2D eigenvalue weighted by Crippen LogP contribution is 2.31. The normalized spacial score (nSPS) is 19.4. The molecule has 29 heavy (non-hydrogen) atoms. The van der Waals surface area contributed by atoms with Crippen LogP contribution in [0.25, 0.3) is 21.3 Å². The number of nitrogens with zero attached hydrogens (tertiary/aromatic N) is 2. The van der Waals surface area contributed by atoms with Gasteiger partial charge < -0.3 is 5.32 Å². The predicted molar refractivity (Wildman–Crippen MR) is 118 cm³/mol. The predicted octanol–water partition coefficient (Wildman–Crippen LogP) is 4.44. The minimum atomic E-state index is -0.156. The molecule has 0 saturated heterocycles. The van der Waals surface area contributed by atoms with Crippen LogP contribution in [-0.4, -0.2) is 21.5 Å². The number of aryl methyl sites for hydroxylation is 2. The van der Waals surface area contributed by atoms with Gasteiger partial charge in [-0.05, 0) is 49.3 Å². The van der Waals surface area contributed by atoms with Crippen molar-refractivity contribution < 1.29 is 4.79 Å². The van der Waals surface area contributed by atoms with Crippen molar-refractivity contribution in [2.75, 3.05) is 0 Å². The van der Waals surface area contributed by atoms with E-state index in [-0.39, 0.29) is 24.1 Å². The van der Waals surface area contributed by atoms with Crippen molar-refractivity contribution in [1.29, 1.82) is 0 Å². The summed E-state index contributed by atoms with van der Waals surface area (Å²) in [7, 11) is 0. The highest BCUT2D eigenvalue weighted by molar-refractivity contribution is 7.17. The van der Waals surface area contributed by atoms with Crippen LogP contribution in [0.15, 0.2) is 34.7 Å². The maximum Gasteiger partial charge on any atom is 0.263 e. The van der Waals surface area contributed by atoms with Gasteiger partial charge in [0.1, 0.15) is 11.4 Å². The van der Waals surface area contributed by atoms with Crippen LogP contribution in [0.3, 0.4) is 0 Å². The lowest BCUT2D eigenvalue weighted by Crippen LogP contribution is -2.43. The van der Waals surface area contributed by atoms with Crippen LogP contribution in [-0.2, 0) is 11.3 Å². The Balaban J connectivity index is 1.62. The van der Waals surface area contributed by atoms with E-state index in [1.54, 1.807) is 0 Å². The molecule has 0 bridgehead atoms. The summed E-state index contributed by atoms with van der Waals surface area (Å²) in [5.74, 6) is 0.369. The number of hydrogen-bond donors (Lipinski definition) is 1. The molecule has 1 amide bonds. The molecule has 1 fully saturated rings. The maximum atomic E-state index is 13.2. The summed E-state index contributed by atoms with van der Waals surface area (Å²) in [6.45, 7) is 6.34. The Hall–Kier alpha value is -2.47. The molecule has 1 aromatic carbocycles. The summed E-state index contributed by atoms with van der Waals surface area (Å²) in [6, 6.07) is 6.42. The fraction of sp³-hybridized carbons (Fsp3) is 0.435. The van der Waals surface area contributed by atoms with Gasteiger partial charge in [-0.1, -0.05) is 38.0 Å². The van der Waals surface area contributed by atoms with E-state index in [2.05, 4.69) is 43.2 Å². The minimum absolute atomic E-state index is 0.00715. The van der Waals surface area contributed by atoms with Crippen LogP contribution >= 0.6 is 11.3 Å². The first-order valence-electron chi connectivity index (χ1n) is 10.3. The lowest BCUT2D eigenvalue weighted by Gasteiger charge is -2.29. The van der Waals surface area contributed by atoms with Gasteiger partial charge in [0, 0.05) is 17.0 Å². The van der Waals surface area contributed by atoms with Crippen LogP contribution in [0.2, 0.25) is 0 Å². The summed E-state index contributed by atoms with van der Waals surface area (Å²) in [5, 5.41) is 5.70. The number of amides is 1. The van der Waals surface area contributed by atoms with E-state index in [0.29, 0.717) is 16.1 Å². The third kappa shape index (κ3) is 3.99. The fourth-order valence-electron chi connectivity index (χ4n) is 4.14. The molecule has 0 aliphatic heterocycles. The topological polar surface area (TPSA) is 64.0 Å². The van der Waals surface area contributed by atoms with Gasteiger partial charge in [-0.25, -0.2) is 4.98 Å². The molecule has 2 atom stereocenters. The first-order valence-corrected chi connectivity index (χ1v) is 11.2. The lowest BCUT2D eigenvalue weighted by molar-refractivity contribution is -0.123. The molecule has 3 aromatic rings. The van der Waals surface area contributed by atoms with Gasteiger partial charge in [0.05, 0.1) is 11.7 Å². The summed E-state index contributed by atoms with van der Waals surface area (Å²) in [4.78, 5) is 30.9. The largest absolute Gasteiger partial charge is 0.352 e. The number of rotatable bonds is 4. The molecule has 1 saturated carbocycles. The molecule has 5 nitrogen and oxygen atoms in total. The second-order valence-corrected chi connectivity index (χ2v) is 9.10. The summed E-state index contributed by atoms with van der Waals surface area (Å²) in [5.41, 5.74) is 4.15. The molecule has 1 aliphatic rings. The average Bonchev–Trinajstić information content (AvgIpc) is 3.13. The molecule has 6 heteroatoms. The molecular weight excluding hydrogens is 382 g/mol. The smallest absolute Gasteiger partial charge is 0.263 e. The molecule has 4 rings (SSSR count). The number of hydrogen-bond acceptors (Lipinski definition) is 4. The van der Waals surface area contributed by atoms with Crippen molar-refractivity contribution in [3.05, 3.63) is 51.4 Å². The van der Waals surface area contributed by atoms with E-state index in [1.165, 1.54) is 39.8 Å². The highest BCUT2D eigenvalue weighted by atomic mass is 32.1. The van der Waals surface area contributed by atoms with Crippen molar-refractivity contribution in [3.63, 3.8) is 0 Å². The third-order valence-electron chi connectivity index (χ3n) is 6.15. The summed E-state index contributed by atoms with van der Waals surface area (Å²) in [6.07, 6.45) is 6.03. The minimum Gasteiger partial charge on any atom is -0.352 e. The summed E-state index contributed by atoms with van der Waals surface area (Å²) >= 11 is 1.46. The van der Waals surface area contributed by atoms with Crippen molar-refractivity contribution in [1.82, 2.24) is 14.9 Å². The zero-order valence-electron chi connectivity index (χ0n) is 17.2. The second-order valence-electron chi connectivity index (χ2n) is 8.24. The summed E-state index contributed by atoms with van der Waals surface area (Å²) < 4.78 is 1.43. The van der Waals surface area contributed by atoms with E-state index < -0.39 is 0 Å². The molecule has 2 aromatic heterocycles. The van der Waals surface area contributed by atoms with Gasteiger partial charge in [0.25, 0.3) is 5.56 Å². The Morgan fingerprint density at radius 3 is 2.79 bits per heavy atom. The van der Waals surface area contributed by atoms with Crippen LogP contribution in [0.5, 0.6) is 0 Å². The van der Waals surface area contributed by atoms with Gasteiger partial charge in [0.2, 0.25) is 5.91 Å². The van der Waals surface area contributed by atoms with Crippen LogP contribution < -0.4 is 10.9 Å². The molecule has 0 spiro atoms. The van der Waals surface area contributed by atoms with Crippen LogP contribution in [0.4, 0.5) is 0 Å². The van der Waals surface area contributed by atoms with Gasteiger partial charge in [-0.15, -0.1) is 11.3 Å². The van der Waals surface area contributed by atoms with E-state index >= 15 is 0 Å². The Morgan fingerprint density at radius 2 is 2.03 bits per heavy atom. The molecule has 152 valence electrons. The maximum absolute atomic E-state index is 13.2. The number of fused-ring (bicyclic) bond motifs is 1. The quantitative estimate of drug-likeness (QED) is 0.693. The molecule has 2 heterocycles. The number of benzene rings is 1. The van der Waals surface area contributed by atoms with Gasteiger partial charge in [-0.2, -0.15) is 0 Å². The lowest BCUT2D eigenvalue weighted by atomic mass is 9.86. The molecule has 1 N–H and O–H groups in total. The molecule has 0 unspecified atom stereocenters. The fourth-order valence-corrected chi connectivity index (χ4v) is 5.05. The van der Waals surface area contributed by atoms with E-state index in [0.717, 1.165) is 30.4 Å². The Bertz CT molecular complexity index is 1110. The first kappa shape index (κ1) is 19.8. The highest BCUT2D eigenvalue weighted by Gasteiger charge is 2.23. The Morgan fingerprint density at radius 1 is 1.24 bits per heavy atom. The van der Waals surface area contributed by atoms with Crippen molar-refractivity contribution in [2.24, 2.45) is 5.92 Å². The number of thiophene rings is 1. The van der Waals surface area contributed by atoms with Crippen LogP contribution in [0.1, 0.15) is 43.7 Å². The Kier molecular flexibility index (Phi) is 5.54. The van der Waals surface area contributed by atoms with Crippen LogP contribution in [0, 0.1) is 19.8 Å². The standard InChI is InChI=1S/C23H27N3O2S/c1-14-8-9-17(10-16(14)3)18-12-29-22-21(18)23(28)26(13-24-22)11-20(27)25-19-7-5-4-6-15(19)2/h8-10,12-13,15,19H,4-7,11H2,1-3H3,(H,25,27)/t15-,19-/m0/s1. The number of nitrogens with one attached hydrogen (secondary N) is 1. The average molecular weight is 410 g/mol. The van der Waals surface area contributed by atoms with Gasteiger partial charge in [-0.3, -0.25) is 14.2 Å². The monoisotopic (exact) mass is 409 g/mol.